The first-order valence-electron chi connectivity index (χ1n) is 9.02. The van der Waals surface area contributed by atoms with E-state index in [9.17, 15) is 9.59 Å². The average molecular weight is 428 g/mol. The molecule has 1 aliphatic heterocycles. The van der Waals surface area contributed by atoms with Gasteiger partial charge in [-0.15, -0.1) is 0 Å². The normalized spacial score (nSPS) is 15.1. The number of amides is 2. The van der Waals surface area contributed by atoms with Gasteiger partial charge in [-0.25, -0.2) is 0 Å². The molecule has 0 bridgehead atoms. The van der Waals surface area contributed by atoms with Gasteiger partial charge in [-0.3, -0.25) is 14.6 Å². The van der Waals surface area contributed by atoms with Crippen LogP contribution >= 0.6 is 15.9 Å². The summed E-state index contributed by atoms with van der Waals surface area (Å²) in [5.41, 5.74) is 1.57. The summed E-state index contributed by atoms with van der Waals surface area (Å²) in [6.45, 7) is 2.07. The molecule has 1 saturated heterocycles. The van der Waals surface area contributed by atoms with E-state index in [1.54, 1.807) is 30.6 Å². The third-order valence-corrected chi connectivity index (χ3v) is 5.22. The standard InChI is InChI=1S/C21H22BrN3O2/c22-19-6-3-16(4-7-19)5-8-20(26)25-12-9-17(10-13-25)14-24-21(27)18-2-1-11-23-15-18/h1-8,11,15,17H,9-10,12-14H2,(H,24,27)/b8-5+. The maximum absolute atomic E-state index is 12.3. The molecule has 3 rings (SSSR count). The van der Waals surface area contributed by atoms with Gasteiger partial charge in [-0.2, -0.15) is 0 Å². The molecule has 2 aromatic rings. The molecule has 140 valence electrons. The number of carbonyl (C=O) groups excluding carboxylic acids is 2. The van der Waals surface area contributed by atoms with Crippen LogP contribution in [-0.2, 0) is 4.79 Å². The van der Waals surface area contributed by atoms with Gasteiger partial charge < -0.3 is 10.2 Å². The molecule has 2 amide bonds. The summed E-state index contributed by atoms with van der Waals surface area (Å²) >= 11 is 3.40. The summed E-state index contributed by atoms with van der Waals surface area (Å²) < 4.78 is 1.02. The molecule has 1 aromatic carbocycles. The van der Waals surface area contributed by atoms with E-state index in [1.807, 2.05) is 35.2 Å². The van der Waals surface area contributed by atoms with Gasteiger partial charge in [0.2, 0.25) is 5.91 Å². The highest BCUT2D eigenvalue weighted by atomic mass is 79.9. The molecule has 0 aliphatic carbocycles. The molecule has 1 fully saturated rings. The maximum atomic E-state index is 12.3. The number of benzene rings is 1. The van der Waals surface area contributed by atoms with Crippen molar-refractivity contribution in [1.29, 1.82) is 0 Å². The van der Waals surface area contributed by atoms with Crippen LogP contribution in [0.3, 0.4) is 0 Å². The third-order valence-electron chi connectivity index (χ3n) is 4.69. The van der Waals surface area contributed by atoms with E-state index < -0.39 is 0 Å². The zero-order valence-electron chi connectivity index (χ0n) is 15.0. The maximum Gasteiger partial charge on any atom is 0.252 e. The van der Waals surface area contributed by atoms with Gasteiger partial charge in [-0.1, -0.05) is 28.1 Å². The minimum absolute atomic E-state index is 0.0377. The topological polar surface area (TPSA) is 62.3 Å². The lowest BCUT2D eigenvalue weighted by Gasteiger charge is -2.31. The van der Waals surface area contributed by atoms with Crippen molar-refractivity contribution in [3.63, 3.8) is 0 Å². The van der Waals surface area contributed by atoms with Crippen molar-refractivity contribution >= 4 is 33.8 Å². The molecule has 0 radical (unpaired) electrons. The van der Waals surface area contributed by atoms with Crippen molar-refractivity contribution in [2.45, 2.75) is 12.8 Å². The van der Waals surface area contributed by atoms with E-state index in [-0.39, 0.29) is 11.8 Å². The fourth-order valence-electron chi connectivity index (χ4n) is 3.04. The quantitative estimate of drug-likeness (QED) is 0.742. The summed E-state index contributed by atoms with van der Waals surface area (Å²) in [5.74, 6) is 0.333. The molecule has 2 heterocycles. The second-order valence-corrected chi connectivity index (χ2v) is 7.52. The molecule has 27 heavy (non-hydrogen) atoms. The number of pyridine rings is 1. The van der Waals surface area contributed by atoms with E-state index in [1.165, 1.54) is 0 Å². The smallest absolute Gasteiger partial charge is 0.252 e. The van der Waals surface area contributed by atoms with E-state index >= 15 is 0 Å². The highest BCUT2D eigenvalue weighted by Gasteiger charge is 2.22. The number of piperidine rings is 1. The number of aromatic nitrogens is 1. The zero-order chi connectivity index (χ0) is 19.1. The highest BCUT2D eigenvalue weighted by molar-refractivity contribution is 9.10. The summed E-state index contributed by atoms with van der Waals surface area (Å²) in [4.78, 5) is 30.3. The lowest BCUT2D eigenvalue weighted by Crippen LogP contribution is -2.41. The third kappa shape index (κ3) is 5.76. The van der Waals surface area contributed by atoms with Gasteiger partial charge in [0, 0.05) is 42.6 Å². The molecule has 0 unspecified atom stereocenters. The number of rotatable bonds is 5. The fraction of sp³-hybridized carbons (Fsp3) is 0.286. The lowest BCUT2D eigenvalue weighted by molar-refractivity contribution is -0.127. The van der Waals surface area contributed by atoms with Crippen molar-refractivity contribution in [3.05, 3.63) is 70.5 Å². The Balaban J connectivity index is 1.42. The first-order chi connectivity index (χ1) is 13.1. The van der Waals surface area contributed by atoms with Crippen LogP contribution in [0.4, 0.5) is 0 Å². The van der Waals surface area contributed by atoms with Crippen LogP contribution in [0.5, 0.6) is 0 Å². The van der Waals surface area contributed by atoms with Gasteiger partial charge in [0.05, 0.1) is 5.56 Å². The number of nitrogens with zero attached hydrogens (tertiary/aromatic N) is 2. The van der Waals surface area contributed by atoms with E-state index in [0.717, 1.165) is 36.0 Å². The van der Waals surface area contributed by atoms with Crippen LogP contribution in [0.15, 0.2) is 59.3 Å². The summed E-state index contributed by atoms with van der Waals surface area (Å²) in [5, 5.41) is 2.96. The molecule has 0 spiro atoms. The first-order valence-corrected chi connectivity index (χ1v) is 9.82. The molecule has 0 saturated carbocycles. The average Bonchev–Trinajstić information content (AvgIpc) is 2.72. The van der Waals surface area contributed by atoms with Crippen LogP contribution in [0.25, 0.3) is 6.08 Å². The molecule has 5 nitrogen and oxygen atoms in total. The Bertz CT molecular complexity index is 798. The van der Waals surface area contributed by atoms with Gasteiger partial charge >= 0.3 is 0 Å². The van der Waals surface area contributed by atoms with Crippen molar-refractivity contribution in [2.75, 3.05) is 19.6 Å². The van der Waals surface area contributed by atoms with Crippen LogP contribution in [0.2, 0.25) is 0 Å². The van der Waals surface area contributed by atoms with E-state index in [2.05, 4.69) is 26.2 Å². The molecule has 1 aromatic heterocycles. The first kappa shape index (κ1) is 19.3. The predicted octanol–water partition coefficient (Wildman–Crippen LogP) is 3.53. The van der Waals surface area contributed by atoms with Gasteiger partial charge in [-0.05, 0) is 54.7 Å². The highest BCUT2D eigenvalue weighted by Crippen LogP contribution is 2.17. The minimum Gasteiger partial charge on any atom is -0.352 e. The number of likely N-dealkylation sites (tertiary alicyclic amines) is 1. The Morgan fingerprint density at radius 3 is 2.59 bits per heavy atom. The Morgan fingerprint density at radius 2 is 1.93 bits per heavy atom. The summed E-state index contributed by atoms with van der Waals surface area (Å²) in [6, 6.07) is 11.3. The van der Waals surface area contributed by atoms with Crippen LogP contribution in [0, 0.1) is 5.92 Å². The van der Waals surface area contributed by atoms with Crippen molar-refractivity contribution in [1.82, 2.24) is 15.2 Å². The van der Waals surface area contributed by atoms with E-state index in [0.29, 0.717) is 18.0 Å². The number of halogens is 1. The largest absolute Gasteiger partial charge is 0.352 e. The van der Waals surface area contributed by atoms with Gasteiger partial charge in [0.15, 0.2) is 0 Å². The Hall–Kier alpha value is -2.47. The van der Waals surface area contributed by atoms with Crippen LogP contribution in [0.1, 0.15) is 28.8 Å². The second-order valence-electron chi connectivity index (χ2n) is 6.61. The lowest BCUT2D eigenvalue weighted by atomic mass is 9.96. The van der Waals surface area contributed by atoms with Crippen LogP contribution in [-0.4, -0.2) is 41.3 Å². The predicted molar refractivity (Wildman–Crippen MR) is 109 cm³/mol. The SMILES string of the molecule is O=C(NCC1CCN(C(=O)/C=C/c2ccc(Br)cc2)CC1)c1cccnc1. The molecular formula is C21H22BrN3O2. The van der Waals surface area contributed by atoms with Crippen LogP contribution < -0.4 is 5.32 Å². The van der Waals surface area contributed by atoms with Crippen molar-refractivity contribution in [3.8, 4) is 0 Å². The molecule has 1 aliphatic rings. The molecule has 1 N–H and O–H groups in total. The second kappa shape index (κ2) is 9.46. The number of hydrogen-bond donors (Lipinski definition) is 1. The molecule has 0 atom stereocenters. The Morgan fingerprint density at radius 1 is 1.19 bits per heavy atom. The Kier molecular flexibility index (Phi) is 6.76. The zero-order valence-corrected chi connectivity index (χ0v) is 16.6. The minimum atomic E-state index is -0.0981. The molecular weight excluding hydrogens is 406 g/mol. The molecule has 6 heteroatoms. The Labute approximate surface area is 167 Å². The number of carbonyl (C=O) groups is 2. The summed E-state index contributed by atoms with van der Waals surface area (Å²) in [6.07, 6.45) is 8.47. The van der Waals surface area contributed by atoms with E-state index in [4.69, 9.17) is 0 Å². The van der Waals surface area contributed by atoms with Gasteiger partial charge in [0.25, 0.3) is 5.91 Å². The summed E-state index contributed by atoms with van der Waals surface area (Å²) in [7, 11) is 0. The van der Waals surface area contributed by atoms with Crippen molar-refractivity contribution < 1.29 is 9.59 Å². The fourth-order valence-corrected chi connectivity index (χ4v) is 3.30. The number of nitrogens with one attached hydrogen (secondary N) is 1. The van der Waals surface area contributed by atoms with Crippen molar-refractivity contribution in [2.24, 2.45) is 5.92 Å². The van der Waals surface area contributed by atoms with Gasteiger partial charge in [0.1, 0.15) is 0 Å². The monoisotopic (exact) mass is 427 g/mol. The number of hydrogen-bond acceptors (Lipinski definition) is 3.